The van der Waals surface area contributed by atoms with Gasteiger partial charge in [-0.1, -0.05) is 0 Å². The number of carbonyl (C=O) groups excluding carboxylic acids is 1. The average molecular weight is 210 g/mol. The molecule has 4 heteroatoms. The van der Waals surface area contributed by atoms with E-state index in [1.54, 1.807) is 12.3 Å². The Hall–Kier alpha value is -1.16. The molecule has 1 aromatic rings. The molecule has 0 radical (unpaired) electrons. The Balaban J connectivity index is 2.80. The summed E-state index contributed by atoms with van der Waals surface area (Å²) in [6.45, 7) is 5.98. The molecule has 0 amide bonds. The number of hydrogen-bond acceptors (Lipinski definition) is 2. The number of rotatable bonds is 2. The molecule has 0 atom stereocenters. The van der Waals surface area contributed by atoms with Crippen molar-refractivity contribution in [2.75, 3.05) is 0 Å². The van der Waals surface area contributed by atoms with Crippen molar-refractivity contribution in [3.63, 3.8) is 0 Å². The van der Waals surface area contributed by atoms with E-state index in [1.165, 1.54) is 0 Å². The van der Waals surface area contributed by atoms with Gasteiger partial charge >= 0.3 is 5.97 Å². The molecule has 0 saturated carbocycles. The van der Waals surface area contributed by atoms with E-state index >= 15 is 0 Å². The smallest absolute Gasteiger partial charge is 0.330 e. The molecule has 0 saturated heterocycles. The van der Waals surface area contributed by atoms with Gasteiger partial charge in [0.1, 0.15) is 12.6 Å². The second kappa shape index (κ2) is 3.92. The van der Waals surface area contributed by atoms with Gasteiger partial charge in [0.15, 0.2) is 12.4 Å². The molecule has 1 heterocycles. The third-order valence-corrected chi connectivity index (χ3v) is 2.37. The number of nitrogens with zero attached hydrogens (tertiary/aromatic N) is 1. The molecule has 0 N–H and O–H groups in total. The van der Waals surface area contributed by atoms with E-state index in [0.717, 1.165) is 0 Å². The summed E-state index contributed by atoms with van der Waals surface area (Å²) >= 11 is 0. The Morgan fingerprint density at radius 2 is 2.07 bits per heavy atom. The van der Waals surface area contributed by atoms with Crippen molar-refractivity contribution in [1.29, 1.82) is 0 Å². The van der Waals surface area contributed by atoms with Crippen molar-refractivity contribution in [3.05, 3.63) is 30.1 Å². The van der Waals surface area contributed by atoms with Gasteiger partial charge in [-0.05, 0) is 25.7 Å². The van der Waals surface area contributed by atoms with Crippen molar-refractivity contribution in [2.24, 2.45) is 7.05 Å². The first kappa shape index (κ1) is 10.9. The summed E-state index contributed by atoms with van der Waals surface area (Å²) in [6, 6.07) is 3.60. The molecule has 0 spiro atoms. The molecule has 0 fully saturated rings. The maximum Gasteiger partial charge on any atom is 0.330 e. The van der Waals surface area contributed by atoms with Crippen molar-refractivity contribution in [3.8, 4) is 0 Å². The van der Waals surface area contributed by atoms with Crippen LogP contribution >= 0.6 is 0 Å². The summed E-state index contributed by atoms with van der Waals surface area (Å²) in [6.07, 6.45) is 3.65. The van der Waals surface area contributed by atoms with Crippen molar-refractivity contribution in [2.45, 2.75) is 19.6 Å². The predicted octanol–water partition coefficient (Wildman–Crippen LogP) is 1.50. The Labute approximate surface area is 85.5 Å². The average Bonchev–Trinajstić information content (AvgIpc) is 2.01. The van der Waals surface area contributed by atoms with Gasteiger partial charge in [-0.3, -0.25) is 0 Å². The highest BCUT2D eigenvalue weighted by atomic mass is 28.4. The van der Waals surface area contributed by atoms with Crippen LogP contribution in [0.5, 0.6) is 0 Å². The summed E-state index contributed by atoms with van der Waals surface area (Å²) in [4.78, 5) is 11.6. The Morgan fingerprint density at radius 1 is 1.43 bits per heavy atom. The molecular formula is C10H16NO2Si+. The van der Waals surface area contributed by atoms with Gasteiger partial charge in [0.05, 0.1) is 0 Å². The van der Waals surface area contributed by atoms with Gasteiger partial charge in [-0.2, -0.15) is 0 Å². The maximum absolute atomic E-state index is 11.6. The van der Waals surface area contributed by atoms with Gasteiger partial charge < -0.3 is 4.43 Å². The highest BCUT2D eigenvalue weighted by molar-refractivity contribution is 6.71. The van der Waals surface area contributed by atoms with Gasteiger partial charge in [-0.25, -0.2) is 9.36 Å². The number of hydrogen-bond donors (Lipinski definition) is 0. The van der Waals surface area contributed by atoms with E-state index in [1.807, 2.05) is 43.5 Å². The van der Waals surface area contributed by atoms with Crippen LogP contribution in [0.3, 0.4) is 0 Å². The van der Waals surface area contributed by atoms with Crippen molar-refractivity contribution >= 4 is 14.3 Å². The first-order valence-corrected chi connectivity index (χ1v) is 7.98. The summed E-state index contributed by atoms with van der Waals surface area (Å²) < 4.78 is 7.20. The molecule has 0 bridgehead atoms. The van der Waals surface area contributed by atoms with Crippen LogP contribution in [0.2, 0.25) is 19.6 Å². The van der Waals surface area contributed by atoms with Crippen LogP contribution in [0.4, 0.5) is 0 Å². The monoisotopic (exact) mass is 210 g/mol. The van der Waals surface area contributed by atoms with Gasteiger partial charge in [0.25, 0.3) is 0 Å². The molecule has 3 nitrogen and oxygen atoms in total. The lowest BCUT2D eigenvalue weighted by Crippen LogP contribution is -2.32. The first-order chi connectivity index (χ1) is 6.38. The molecule has 76 valence electrons. The fraction of sp³-hybridized carbons (Fsp3) is 0.400. The van der Waals surface area contributed by atoms with E-state index in [2.05, 4.69) is 0 Å². The van der Waals surface area contributed by atoms with E-state index in [0.29, 0.717) is 5.56 Å². The summed E-state index contributed by atoms with van der Waals surface area (Å²) in [7, 11) is 0.101. The van der Waals surface area contributed by atoms with Gasteiger partial charge in [0.2, 0.25) is 8.32 Å². The predicted molar refractivity (Wildman–Crippen MR) is 56.4 cm³/mol. The molecule has 1 rings (SSSR count). The highest BCUT2D eigenvalue weighted by Crippen LogP contribution is 2.07. The third kappa shape index (κ3) is 3.30. The van der Waals surface area contributed by atoms with E-state index in [-0.39, 0.29) is 5.97 Å². The highest BCUT2D eigenvalue weighted by Gasteiger charge is 2.21. The Morgan fingerprint density at radius 3 is 2.57 bits per heavy atom. The van der Waals surface area contributed by atoms with Crippen LogP contribution in [-0.4, -0.2) is 14.3 Å². The summed E-state index contributed by atoms with van der Waals surface area (Å²) in [5.74, 6) is -0.222. The molecular weight excluding hydrogens is 194 g/mol. The zero-order chi connectivity index (χ0) is 10.8. The Bertz CT molecular complexity index is 344. The molecule has 0 unspecified atom stereocenters. The van der Waals surface area contributed by atoms with E-state index in [9.17, 15) is 4.79 Å². The number of pyridine rings is 1. The molecule has 0 aliphatic rings. The zero-order valence-electron chi connectivity index (χ0n) is 9.07. The molecule has 0 aromatic carbocycles. The minimum absolute atomic E-state index is 0.222. The van der Waals surface area contributed by atoms with Crippen LogP contribution in [0.15, 0.2) is 24.5 Å². The summed E-state index contributed by atoms with van der Waals surface area (Å²) in [5, 5.41) is 0. The van der Waals surface area contributed by atoms with Crippen LogP contribution in [0, 0.1) is 0 Å². The molecule has 1 aromatic heterocycles. The lowest BCUT2D eigenvalue weighted by Gasteiger charge is -2.16. The molecule has 14 heavy (non-hydrogen) atoms. The quantitative estimate of drug-likeness (QED) is 0.547. The standard InChI is InChI=1S/C10H16NO2Si/c1-11-7-5-6-9(8-11)10(12)13-14(2,3)4/h5-8H,1-4H3/q+1. The van der Waals surface area contributed by atoms with Crippen LogP contribution in [-0.2, 0) is 11.5 Å². The maximum atomic E-state index is 11.6. The van der Waals surface area contributed by atoms with Gasteiger partial charge in [-0.15, -0.1) is 0 Å². The minimum atomic E-state index is -1.78. The van der Waals surface area contributed by atoms with Crippen molar-refractivity contribution < 1.29 is 13.8 Å². The van der Waals surface area contributed by atoms with Crippen LogP contribution in [0.25, 0.3) is 0 Å². The number of aryl methyl sites for hydroxylation is 1. The minimum Gasteiger partial charge on any atom is -0.516 e. The van der Waals surface area contributed by atoms with E-state index in [4.69, 9.17) is 4.43 Å². The molecule has 0 aliphatic carbocycles. The lowest BCUT2D eigenvalue weighted by atomic mass is 10.3. The second-order valence-corrected chi connectivity index (χ2v) is 8.69. The van der Waals surface area contributed by atoms with Crippen LogP contribution in [0.1, 0.15) is 10.4 Å². The SMILES string of the molecule is C[n+]1cccc(C(=O)O[Si](C)(C)C)c1. The zero-order valence-corrected chi connectivity index (χ0v) is 10.1. The largest absolute Gasteiger partial charge is 0.516 e. The van der Waals surface area contributed by atoms with Crippen LogP contribution < -0.4 is 4.57 Å². The fourth-order valence-electron chi connectivity index (χ4n) is 1.05. The van der Waals surface area contributed by atoms with E-state index < -0.39 is 8.32 Å². The topological polar surface area (TPSA) is 30.2 Å². The normalized spacial score (nSPS) is 11.1. The fourth-order valence-corrected chi connectivity index (χ4v) is 1.72. The number of aromatic nitrogens is 1. The first-order valence-electron chi connectivity index (χ1n) is 4.57. The second-order valence-electron chi connectivity index (χ2n) is 4.26. The third-order valence-electron chi connectivity index (χ3n) is 1.57. The van der Waals surface area contributed by atoms with Crippen molar-refractivity contribution in [1.82, 2.24) is 0 Å². The Kier molecular flexibility index (Phi) is 3.05. The lowest BCUT2D eigenvalue weighted by molar-refractivity contribution is -0.671. The van der Waals surface area contributed by atoms with Gasteiger partial charge in [0, 0.05) is 6.07 Å². The molecule has 0 aliphatic heterocycles. The summed E-state index contributed by atoms with van der Waals surface area (Å²) in [5.41, 5.74) is 0.609. The number of carbonyl (C=O) groups is 1.